The van der Waals surface area contributed by atoms with Gasteiger partial charge in [0.05, 0.1) is 20.2 Å². The molecule has 0 aromatic rings. The van der Waals surface area contributed by atoms with E-state index < -0.39 is 120 Å². The van der Waals surface area contributed by atoms with Crippen LogP contribution in [0.4, 0.5) is 14.4 Å². The number of ether oxygens (including phenoxy) is 9. The summed E-state index contributed by atoms with van der Waals surface area (Å²) in [6.07, 6.45) is -2.95. The Morgan fingerprint density at radius 3 is 1.16 bits per heavy atom. The molecule has 0 radical (unpaired) electrons. The van der Waals surface area contributed by atoms with Gasteiger partial charge in [-0.25, -0.2) is 28.8 Å². The summed E-state index contributed by atoms with van der Waals surface area (Å²) in [5.41, 5.74) is -2.43. The summed E-state index contributed by atoms with van der Waals surface area (Å²) in [5, 5.41) is 18.5. The van der Waals surface area contributed by atoms with Crippen LogP contribution in [0, 0.1) is 17.8 Å². The van der Waals surface area contributed by atoms with Crippen molar-refractivity contribution in [2.45, 2.75) is 155 Å². The lowest BCUT2D eigenvalue weighted by atomic mass is 9.97. The van der Waals surface area contributed by atoms with Crippen molar-refractivity contribution in [2.24, 2.45) is 17.8 Å². The summed E-state index contributed by atoms with van der Waals surface area (Å²) in [7, 11) is 1.22. The van der Waals surface area contributed by atoms with Gasteiger partial charge < -0.3 is 63.7 Å². The quantitative estimate of drug-likeness (QED) is 0.110. The Morgan fingerprint density at radius 2 is 0.823 bits per heavy atom. The van der Waals surface area contributed by atoms with Crippen LogP contribution in [-0.4, -0.2) is 140 Å². The number of hydrogen-bond donors (Lipinski definition) is 4. The van der Waals surface area contributed by atoms with Gasteiger partial charge >= 0.3 is 36.2 Å². The molecule has 3 aliphatic heterocycles. The number of aliphatic hydroxyl groups excluding tert-OH is 1. The van der Waals surface area contributed by atoms with Gasteiger partial charge in [-0.1, -0.05) is 57.2 Å². The van der Waals surface area contributed by atoms with E-state index in [2.05, 4.69) is 16.0 Å². The summed E-state index contributed by atoms with van der Waals surface area (Å²) in [5.74, 6) is -3.86. The van der Waals surface area contributed by atoms with Gasteiger partial charge in [0.1, 0.15) is 53.4 Å². The van der Waals surface area contributed by atoms with Gasteiger partial charge in [0.25, 0.3) is 0 Å². The third-order valence-electron chi connectivity index (χ3n) is 9.25. The van der Waals surface area contributed by atoms with Crippen LogP contribution in [0.5, 0.6) is 0 Å². The zero-order valence-electron chi connectivity index (χ0n) is 38.1. The van der Waals surface area contributed by atoms with Gasteiger partial charge in [0.2, 0.25) is 0 Å². The molecule has 3 aliphatic rings. The van der Waals surface area contributed by atoms with Crippen LogP contribution in [0.25, 0.3) is 0 Å². The highest BCUT2D eigenvalue weighted by Crippen LogP contribution is 2.28. The maximum absolute atomic E-state index is 14.1. The lowest BCUT2D eigenvalue weighted by Crippen LogP contribution is -2.52. The first-order valence-corrected chi connectivity index (χ1v) is 20.7. The van der Waals surface area contributed by atoms with Crippen LogP contribution in [-0.2, 0) is 57.0 Å². The molecule has 0 unspecified atom stereocenters. The number of nitrogens with one attached hydrogen (secondary N) is 3. The number of hydrogen-bond acceptors (Lipinski definition) is 16. The molecular weight excluding hydrogens is 814 g/mol. The maximum atomic E-state index is 14.1. The van der Waals surface area contributed by atoms with Crippen LogP contribution < -0.4 is 16.0 Å². The van der Waals surface area contributed by atoms with E-state index >= 15 is 0 Å². The normalized spacial score (nSPS) is 27.7. The van der Waals surface area contributed by atoms with E-state index in [0.717, 1.165) is 0 Å². The van der Waals surface area contributed by atoms with E-state index in [-0.39, 0.29) is 25.6 Å². The Morgan fingerprint density at radius 1 is 0.516 bits per heavy atom. The molecule has 12 atom stereocenters. The first kappa shape index (κ1) is 51.6. The Bertz CT molecular complexity index is 1660. The minimum Gasteiger partial charge on any atom is -0.467 e. The van der Waals surface area contributed by atoms with E-state index in [1.807, 2.05) is 0 Å². The largest absolute Gasteiger partial charge is 0.467 e. The highest BCUT2D eigenvalue weighted by atomic mass is 16.6. The van der Waals surface area contributed by atoms with Gasteiger partial charge in [0.15, 0.2) is 18.3 Å². The second-order valence-corrected chi connectivity index (χ2v) is 18.5. The number of rotatable bonds is 14. The average Bonchev–Trinajstić information content (AvgIpc) is 3.15. The van der Waals surface area contributed by atoms with E-state index in [1.165, 1.54) is 7.11 Å². The SMILES string of the molecule is COC(=O)[C@@H]1O[C@H]([C@@H](CNC(=O)OC(C)(C)C)OC(=O)[C@@H]2O[C@H]([C@@H](CNC(=O)OC(C)(C)C)OC(=O)[C@@H]3O[C@H]([C@H](O)CNC(=O)OC(C)(C)C)C=C[C@@H]3C)C=C[C@@H]2C)C=C[C@@H]1C. The lowest BCUT2D eigenvalue weighted by Gasteiger charge is -2.37. The van der Waals surface area contributed by atoms with E-state index in [1.54, 1.807) is 120 Å². The number of carbonyl (C=O) groups excluding carboxylic acids is 6. The molecule has 3 heterocycles. The van der Waals surface area contributed by atoms with Crippen LogP contribution in [0.2, 0.25) is 0 Å². The van der Waals surface area contributed by atoms with Crippen molar-refractivity contribution < 1.29 is 76.5 Å². The molecular formula is C43H67N3O16. The summed E-state index contributed by atoms with van der Waals surface area (Å²) in [6.45, 7) is 19.5. The zero-order valence-corrected chi connectivity index (χ0v) is 38.1. The van der Waals surface area contributed by atoms with E-state index in [9.17, 15) is 33.9 Å². The predicted molar refractivity (Wildman–Crippen MR) is 221 cm³/mol. The van der Waals surface area contributed by atoms with Crippen LogP contribution in [0.3, 0.4) is 0 Å². The molecule has 0 saturated carbocycles. The third kappa shape index (κ3) is 16.9. The fourth-order valence-electron chi connectivity index (χ4n) is 6.24. The van der Waals surface area contributed by atoms with Gasteiger partial charge in [-0.3, -0.25) is 0 Å². The number of carbonyl (C=O) groups is 6. The Balaban J connectivity index is 1.83. The van der Waals surface area contributed by atoms with Gasteiger partial charge in [0, 0.05) is 24.3 Å². The van der Waals surface area contributed by atoms with E-state index in [4.69, 9.17) is 42.6 Å². The third-order valence-corrected chi connectivity index (χ3v) is 9.25. The minimum absolute atomic E-state index is 0.245. The molecule has 0 aromatic carbocycles. The summed E-state index contributed by atoms with van der Waals surface area (Å²) >= 11 is 0. The number of aliphatic hydroxyl groups is 1. The molecule has 0 aromatic heterocycles. The van der Waals surface area contributed by atoms with Crippen molar-refractivity contribution in [3.05, 3.63) is 36.5 Å². The second-order valence-electron chi connectivity index (χ2n) is 18.5. The molecule has 0 saturated heterocycles. The highest BCUT2D eigenvalue weighted by Gasteiger charge is 2.43. The van der Waals surface area contributed by atoms with E-state index in [0.29, 0.717) is 0 Å². The maximum Gasteiger partial charge on any atom is 0.407 e. The molecule has 4 N–H and O–H groups in total. The Labute approximate surface area is 363 Å². The Kier molecular flexibility index (Phi) is 18.4. The average molecular weight is 882 g/mol. The highest BCUT2D eigenvalue weighted by molar-refractivity contribution is 5.77. The Hall–Kier alpha value is -4.72. The van der Waals surface area contributed by atoms with Crippen molar-refractivity contribution in [3.8, 4) is 0 Å². The fraction of sp³-hybridized carbons (Fsp3) is 0.721. The molecule has 0 aliphatic carbocycles. The van der Waals surface area contributed by atoms with Crippen LogP contribution in [0.1, 0.15) is 83.1 Å². The molecule has 19 nitrogen and oxygen atoms in total. The number of alkyl carbamates (subject to hydrolysis) is 3. The lowest BCUT2D eigenvalue weighted by molar-refractivity contribution is -0.190. The molecule has 0 spiro atoms. The van der Waals surface area contributed by atoms with Crippen molar-refractivity contribution in [2.75, 3.05) is 26.7 Å². The van der Waals surface area contributed by atoms with Gasteiger partial charge in [-0.2, -0.15) is 0 Å². The van der Waals surface area contributed by atoms with Crippen molar-refractivity contribution >= 4 is 36.2 Å². The minimum atomic E-state index is -1.30. The number of methoxy groups -OCH3 is 1. The van der Waals surface area contributed by atoms with Crippen molar-refractivity contribution in [3.63, 3.8) is 0 Å². The van der Waals surface area contributed by atoms with Crippen molar-refractivity contribution in [1.82, 2.24) is 16.0 Å². The predicted octanol–water partition coefficient (Wildman–Crippen LogP) is 3.80. The molecule has 0 bridgehead atoms. The monoisotopic (exact) mass is 881 g/mol. The summed E-state index contributed by atoms with van der Waals surface area (Å²) < 4.78 is 51.1. The standard InChI is InChI=1S/C43H67N3O16/c1-23-15-18-28(56-32(23)35(48)54-13)30(21-45-39(52)61-42(7,8)9)59-37(50)34-25(3)16-19-29(57-34)31(22-46-40(53)62-43(10,11)12)58-36(49)33-24(2)14-17-27(55-33)26(47)20-44-38(51)60-41(4,5)6/h14-19,23-34,47H,20-22H2,1-13H3,(H,44,51)(H,45,52)(H,46,53)/t23-,24-,25-,26+,27-,28-,29-,30+,31+,32+,33+,34+/m0/s1. The zero-order chi connectivity index (χ0) is 46.7. The number of amides is 3. The number of esters is 3. The molecule has 19 heteroatoms. The van der Waals surface area contributed by atoms with Gasteiger partial charge in [-0.15, -0.1) is 0 Å². The summed E-state index contributed by atoms with van der Waals surface area (Å²) in [6, 6.07) is 0. The molecule has 62 heavy (non-hydrogen) atoms. The van der Waals surface area contributed by atoms with Crippen LogP contribution in [0.15, 0.2) is 36.5 Å². The first-order valence-electron chi connectivity index (χ1n) is 20.7. The smallest absolute Gasteiger partial charge is 0.407 e. The molecule has 350 valence electrons. The van der Waals surface area contributed by atoms with Gasteiger partial charge in [-0.05, 0) is 62.3 Å². The first-order chi connectivity index (χ1) is 28.7. The molecule has 3 rings (SSSR count). The van der Waals surface area contributed by atoms with Crippen LogP contribution >= 0.6 is 0 Å². The fourth-order valence-corrected chi connectivity index (χ4v) is 6.24. The molecule has 3 amide bonds. The summed E-state index contributed by atoms with van der Waals surface area (Å²) in [4.78, 5) is 78.1. The topological polar surface area (TPSA) is 242 Å². The van der Waals surface area contributed by atoms with Crippen molar-refractivity contribution in [1.29, 1.82) is 0 Å². The second kappa shape index (κ2) is 22.1. The molecule has 0 fully saturated rings.